The fourth-order valence-corrected chi connectivity index (χ4v) is 6.08. The molecule has 2 N–H and O–H groups in total. The third kappa shape index (κ3) is 3.97. The van der Waals surface area contributed by atoms with Gasteiger partial charge in [0.1, 0.15) is 22.1 Å². The zero-order chi connectivity index (χ0) is 17.9. The Hall–Kier alpha value is -2.03. The summed E-state index contributed by atoms with van der Waals surface area (Å²) in [6, 6.07) is 14.1. The predicted octanol–water partition coefficient (Wildman–Crippen LogP) is 2.37. The van der Waals surface area contributed by atoms with Crippen molar-refractivity contribution in [2.24, 2.45) is 0 Å². The van der Waals surface area contributed by atoms with Gasteiger partial charge < -0.3 is 15.2 Å². The van der Waals surface area contributed by atoms with Gasteiger partial charge in [-0.2, -0.15) is 0 Å². The van der Waals surface area contributed by atoms with Gasteiger partial charge in [-0.25, -0.2) is 8.42 Å². The molecular formula is C17H17NO5S2. The van der Waals surface area contributed by atoms with Crippen LogP contribution in [0.5, 0.6) is 11.5 Å². The van der Waals surface area contributed by atoms with Crippen LogP contribution in [0.15, 0.2) is 59.5 Å². The molecule has 1 fully saturated rings. The first-order valence-electron chi connectivity index (χ1n) is 7.63. The van der Waals surface area contributed by atoms with E-state index >= 15 is 0 Å². The van der Waals surface area contributed by atoms with Gasteiger partial charge in [0.25, 0.3) is 0 Å². The van der Waals surface area contributed by atoms with Crippen LogP contribution >= 0.6 is 11.8 Å². The summed E-state index contributed by atoms with van der Waals surface area (Å²) in [5.41, 5.74) is 0. The maximum absolute atomic E-state index is 12.8. The molecule has 1 heterocycles. The number of ether oxygens (including phenoxy) is 1. The summed E-state index contributed by atoms with van der Waals surface area (Å²) in [6.07, 6.45) is 0. The van der Waals surface area contributed by atoms with E-state index in [0.29, 0.717) is 23.8 Å². The van der Waals surface area contributed by atoms with Crippen LogP contribution < -0.4 is 10.1 Å². The lowest BCUT2D eigenvalue weighted by atomic mass is 10.3. The summed E-state index contributed by atoms with van der Waals surface area (Å²) >= 11 is 1.15. The second-order valence-corrected chi connectivity index (χ2v) is 9.06. The quantitative estimate of drug-likeness (QED) is 0.824. The highest BCUT2D eigenvalue weighted by Crippen LogP contribution is 2.31. The molecule has 1 saturated heterocycles. The van der Waals surface area contributed by atoms with E-state index in [1.165, 1.54) is 12.1 Å². The van der Waals surface area contributed by atoms with Gasteiger partial charge in [0, 0.05) is 12.3 Å². The average molecular weight is 379 g/mol. The first-order valence-corrected chi connectivity index (χ1v) is 10.2. The number of thioether (sulfide) groups is 1. The zero-order valence-electron chi connectivity index (χ0n) is 13.2. The summed E-state index contributed by atoms with van der Waals surface area (Å²) in [7, 11) is -3.78. The van der Waals surface area contributed by atoms with Gasteiger partial charge >= 0.3 is 5.97 Å². The number of carboxylic acid groups (broad SMARTS) is 1. The number of sulfone groups is 1. The Morgan fingerprint density at radius 3 is 2.36 bits per heavy atom. The molecule has 2 atom stereocenters. The Kier molecular flexibility index (Phi) is 5.31. The monoisotopic (exact) mass is 379 g/mol. The summed E-state index contributed by atoms with van der Waals surface area (Å²) in [5.74, 6) is 0.540. The molecule has 0 amide bonds. The van der Waals surface area contributed by atoms with Crippen LogP contribution in [0.4, 0.5) is 0 Å². The molecule has 0 saturated carbocycles. The lowest BCUT2D eigenvalue weighted by Crippen LogP contribution is -2.52. The number of para-hydroxylation sites is 1. The number of rotatable bonds is 5. The zero-order valence-corrected chi connectivity index (χ0v) is 14.8. The second kappa shape index (κ2) is 7.47. The first-order chi connectivity index (χ1) is 12.0. The highest BCUT2D eigenvalue weighted by Gasteiger charge is 2.41. The van der Waals surface area contributed by atoms with Gasteiger partial charge in [0.2, 0.25) is 0 Å². The van der Waals surface area contributed by atoms with E-state index in [4.69, 9.17) is 4.74 Å². The molecule has 0 spiro atoms. The van der Waals surface area contributed by atoms with E-state index in [9.17, 15) is 18.3 Å². The van der Waals surface area contributed by atoms with E-state index < -0.39 is 26.4 Å². The van der Waals surface area contributed by atoms with Gasteiger partial charge in [-0.3, -0.25) is 4.79 Å². The van der Waals surface area contributed by atoms with E-state index in [1.54, 1.807) is 24.3 Å². The molecule has 8 heteroatoms. The third-order valence-corrected chi connectivity index (χ3v) is 7.75. The van der Waals surface area contributed by atoms with Gasteiger partial charge in [0.05, 0.1) is 4.90 Å². The fourth-order valence-electron chi connectivity index (χ4n) is 2.51. The van der Waals surface area contributed by atoms with Crippen molar-refractivity contribution >= 4 is 27.6 Å². The maximum atomic E-state index is 12.8. The number of benzene rings is 2. The van der Waals surface area contributed by atoms with Crippen LogP contribution in [0.2, 0.25) is 0 Å². The van der Waals surface area contributed by atoms with Crippen LogP contribution in [0.3, 0.4) is 0 Å². The number of carbonyl (C=O) groups is 1. The second-order valence-electron chi connectivity index (χ2n) is 5.44. The normalized spacial score (nSPS) is 20.8. The van der Waals surface area contributed by atoms with Crippen molar-refractivity contribution in [2.75, 3.05) is 12.3 Å². The van der Waals surface area contributed by atoms with E-state index in [0.717, 1.165) is 11.8 Å². The minimum absolute atomic E-state index is 0.0837. The molecule has 0 aliphatic carbocycles. The van der Waals surface area contributed by atoms with Crippen molar-refractivity contribution in [3.63, 3.8) is 0 Å². The Balaban J connectivity index is 1.81. The molecule has 3 rings (SSSR count). The number of aliphatic carboxylic acids is 1. The molecule has 2 unspecified atom stereocenters. The van der Waals surface area contributed by atoms with Crippen LogP contribution in [0.1, 0.15) is 0 Å². The lowest BCUT2D eigenvalue weighted by molar-refractivity contribution is -0.139. The van der Waals surface area contributed by atoms with Crippen LogP contribution in [0.25, 0.3) is 0 Å². The maximum Gasteiger partial charge on any atom is 0.322 e. The number of hydrogen-bond acceptors (Lipinski definition) is 6. The molecule has 132 valence electrons. The number of nitrogens with one attached hydrogen (secondary N) is 1. The Bertz CT molecular complexity index is 837. The van der Waals surface area contributed by atoms with Crippen LogP contribution in [-0.4, -0.2) is 42.4 Å². The van der Waals surface area contributed by atoms with Gasteiger partial charge in [-0.1, -0.05) is 18.2 Å². The third-order valence-electron chi connectivity index (χ3n) is 3.72. The minimum Gasteiger partial charge on any atom is -0.480 e. The van der Waals surface area contributed by atoms with Crippen molar-refractivity contribution in [1.29, 1.82) is 0 Å². The average Bonchev–Trinajstić information content (AvgIpc) is 2.63. The van der Waals surface area contributed by atoms with Crippen molar-refractivity contribution in [3.8, 4) is 11.5 Å². The van der Waals surface area contributed by atoms with Gasteiger partial charge in [-0.05, 0) is 36.4 Å². The molecule has 6 nitrogen and oxygen atoms in total. The lowest BCUT2D eigenvalue weighted by Gasteiger charge is -2.28. The molecule has 2 aromatic carbocycles. The Labute approximate surface area is 150 Å². The predicted molar refractivity (Wildman–Crippen MR) is 95.8 cm³/mol. The van der Waals surface area contributed by atoms with E-state index in [2.05, 4.69) is 5.32 Å². The summed E-state index contributed by atoms with van der Waals surface area (Å²) in [4.78, 5) is 11.4. The van der Waals surface area contributed by atoms with Crippen molar-refractivity contribution in [1.82, 2.24) is 5.32 Å². The number of hydrogen-bond donors (Lipinski definition) is 2. The minimum atomic E-state index is -3.78. The molecule has 2 aromatic rings. The van der Waals surface area contributed by atoms with E-state index in [-0.39, 0.29) is 4.90 Å². The smallest absolute Gasteiger partial charge is 0.322 e. The molecular weight excluding hydrogens is 362 g/mol. The summed E-state index contributed by atoms with van der Waals surface area (Å²) < 4.78 is 30.2. The van der Waals surface area contributed by atoms with E-state index in [1.807, 2.05) is 18.2 Å². The molecule has 0 bridgehead atoms. The first kappa shape index (κ1) is 17.8. The summed E-state index contributed by atoms with van der Waals surface area (Å²) in [5, 5.41) is 12.0. The van der Waals surface area contributed by atoms with Crippen molar-refractivity contribution in [2.45, 2.75) is 15.5 Å². The van der Waals surface area contributed by atoms with Crippen LogP contribution in [0, 0.1) is 0 Å². The molecule has 0 radical (unpaired) electrons. The van der Waals surface area contributed by atoms with Crippen molar-refractivity contribution < 1.29 is 23.1 Å². The summed E-state index contributed by atoms with van der Waals surface area (Å²) in [6.45, 7) is 0.470. The van der Waals surface area contributed by atoms with Gasteiger partial charge in [-0.15, -0.1) is 11.8 Å². The largest absolute Gasteiger partial charge is 0.480 e. The van der Waals surface area contributed by atoms with Crippen LogP contribution in [-0.2, 0) is 14.6 Å². The topological polar surface area (TPSA) is 92.7 Å². The number of carboxylic acids is 1. The van der Waals surface area contributed by atoms with Crippen molar-refractivity contribution in [3.05, 3.63) is 54.6 Å². The molecule has 1 aliphatic rings. The fraction of sp³-hybridized carbons (Fsp3) is 0.235. The highest BCUT2D eigenvalue weighted by molar-refractivity contribution is 8.13. The van der Waals surface area contributed by atoms with Gasteiger partial charge in [0.15, 0.2) is 9.84 Å². The Morgan fingerprint density at radius 1 is 1.08 bits per heavy atom. The molecule has 25 heavy (non-hydrogen) atoms. The SMILES string of the molecule is O=C(O)C1NCCSC1S(=O)(=O)c1ccc(Oc2ccccc2)cc1. The molecule has 0 aromatic heterocycles. The Morgan fingerprint density at radius 2 is 1.72 bits per heavy atom. The standard InChI is InChI=1S/C17H17NO5S2/c19-16(20)15-17(24-11-10-18-15)25(21,22)14-8-6-13(7-9-14)23-12-4-2-1-3-5-12/h1-9,15,17-18H,10-11H2,(H,19,20). The molecule has 1 aliphatic heterocycles. The highest BCUT2D eigenvalue weighted by atomic mass is 32.3.